The largest absolute Gasteiger partial charge is 0.312 e. The second-order valence-electron chi connectivity index (χ2n) is 5.77. The zero-order chi connectivity index (χ0) is 13.5. The van der Waals surface area contributed by atoms with E-state index in [2.05, 4.69) is 54.4 Å². The Balaban J connectivity index is 1.98. The molecule has 1 aromatic rings. The molecule has 1 heterocycles. The third-order valence-electron chi connectivity index (χ3n) is 4.15. The molecule has 1 fully saturated rings. The van der Waals surface area contributed by atoms with Gasteiger partial charge in [0, 0.05) is 18.6 Å². The first kappa shape index (κ1) is 14.5. The Hall–Kier alpha value is -0.860. The van der Waals surface area contributed by atoms with Crippen LogP contribution in [-0.2, 0) is 0 Å². The van der Waals surface area contributed by atoms with Gasteiger partial charge in [0.2, 0.25) is 0 Å². The Morgan fingerprint density at radius 2 is 1.84 bits per heavy atom. The minimum Gasteiger partial charge on any atom is -0.312 e. The first-order valence-corrected chi connectivity index (χ1v) is 7.83. The molecule has 0 bridgehead atoms. The molecular weight excluding hydrogens is 232 g/mol. The summed E-state index contributed by atoms with van der Waals surface area (Å²) < 4.78 is 0. The highest BCUT2D eigenvalue weighted by Crippen LogP contribution is 2.24. The normalized spacial score (nSPS) is 19.5. The van der Waals surface area contributed by atoms with Gasteiger partial charge < -0.3 is 5.32 Å². The zero-order valence-electron chi connectivity index (χ0n) is 12.4. The van der Waals surface area contributed by atoms with Gasteiger partial charge in [-0.3, -0.25) is 4.90 Å². The standard InChI is InChI=1S/C17H28N2/c1-3-9-15(2)18-14-17(19-12-7-8-13-19)16-10-5-4-6-11-16/h4-6,10-11,15,17-18H,3,7-9,12-14H2,1-2H3. The summed E-state index contributed by atoms with van der Waals surface area (Å²) in [6.45, 7) is 8.14. The van der Waals surface area contributed by atoms with Crippen molar-refractivity contribution in [2.75, 3.05) is 19.6 Å². The van der Waals surface area contributed by atoms with Crippen molar-refractivity contribution in [3.8, 4) is 0 Å². The summed E-state index contributed by atoms with van der Waals surface area (Å²) in [5, 5.41) is 3.72. The number of benzene rings is 1. The van der Waals surface area contributed by atoms with E-state index in [1.165, 1.54) is 44.3 Å². The van der Waals surface area contributed by atoms with Gasteiger partial charge in [-0.2, -0.15) is 0 Å². The highest BCUT2D eigenvalue weighted by molar-refractivity contribution is 5.19. The fourth-order valence-corrected chi connectivity index (χ4v) is 3.03. The molecule has 2 heteroatoms. The van der Waals surface area contributed by atoms with Gasteiger partial charge in [0.15, 0.2) is 0 Å². The molecule has 0 saturated carbocycles. The maximum atomic E-state index is 3.72. The lowest BCUT2D eigenvalue weighted by Crippen LogP contribution is -2.37. The summed E-state index contributed by atoms with van der Waals surface area (Å²) in [5.41, 5.74) is 1.46. The number of hydrogen-bond acceptors (Lipinski definition) is 2. The number of rotatable bonds is 7. The smallest absolute Gasteiger partial charge is 0.0472 e. The second-order valence-corrected chi connectivity index (χ2v) is 5.77. The van der Waals surface area contributed by atoms with Crippen molar-refractivity contribution in [1.82, 2.24) is 10.2 Å². The second kappa shape index (κ2) is 7.66. The molecule has 106 valence electrons. The van der Waals surface area contributed by atoms with Gasteiger partial charge in [-0.15, -0.1) is 0 Å². The molecule has 0 aliphatic carbocycles. The maximum Gasteiger partial charge on any atom is 0.0472 e. The summed E-state index contributed by atoms with van der Waals surface area (Å²) in [5.74, 6) is 0. The van der Waals surface area contributed by atoms with Gasteiger partial charge in [0.05, 0.1) is 0 Å². The lowest BCUT2D eigenvalue weighted by molar-refractivity contribution is 0.232. The van der Waals surface area contributed by atoms with Crippen LogP contribution in [0, 0.1) is 0 Å². The molecule has 1 aliphatic heterocycles. The third-order valence-corrected chi connectivity index (χ3v) is 4.15. The van der Waals surface area contributed by atoms with E-state index in [-0.39, 0.29) is 0 Å². The van der Waals surface area contributed by atoms with Crippen LogP contribution in [0.4, 0.5) is 0 Å². The minimum atomic E-state index is 0.544. The van der Waals surface area contributed by atoms with Gasteiger partial charge in [0.1, 0.15) is 0 Å². The van der Waals surface area contributed by atoms with E-state index in [0.29, 0.717) is 12.1 Å². The van der Waals surface area contributed by atoms with Crippen molar-refractivity contribution in [2.24, 2.45) is 0 Å². The number of likely N-dealkylation sites (tertiary alicyclic amines) is 1. The summed E-state index contributed by atoms with van der Waals surface area (Å²) >= 11 is 0. The van der Waals surface area contributed by atoms with Crippen LogP contribution in [0.25, 0.3) is 0 Å². The third kappa shape index (κ3) is 4.32. The lowest BCUT2D eigenvalue weighted by atomic mass is 10.0. The van der Waals surface area contributed by atoms with Crippen LogP contribution in [0.15, 0.2) is 30.3 Å². The number of nitrogens with one attached hydrogen (secondary N) is 1. The average Bonchev–Trinajstić information content (AvgIpc) is 2.94. The van der Waals surface area contributed by atoms with E-state index >= 15 is 0 Å². The van der Waals surface area contributed by atoms with Gasteiger partial charge in [-0.05, 0) is 44.8 Å². The quantitative estimate of drug-likeness (QED) is 0.806. The molecule has 19 heavy (non-hydrogen) atoms. The lowest BCUT2D eigenvalue weighted by Gasteiger charge is -2.29. The molecular formula is C17H28N2. The highest BCUT2D eigenvalue weighted by atomic mass is 15.2. The summed E-state index contributed by atoms with van der Waals surface area (Å²) in [7, 11) is 0. The van der Waals surface area contributed by atoms with E-state index in [1.54, 1.807) is 0 Å². The minimum absolute atomic E-state index is 0.544. The van der Waals surface area contributed by atoms with Crippen LogP contribution in [0.2, 0.25) is 0 Å². The predicted molar refractivity (Wildman–Crippen MR) is 82.4 cm³/mol. The van der Waals surface area contributed by atoms with Gasteiger partial charge >= 0.3 is 0 Å². The van der Waals surface area contributed by atoms with Crippen molar-refractivity contribution in [2.45, 2.75) is 51.6 Å². The molecule has 2 unspecified atom stereocenters. The van der Waals surface area contributed by atoms with Crippen molar-refractivity contribution < 1.29 is 0 Å². The van der Waals surface area contributed by atoms with Crippen molar-refractivity contribution >= 4 is 0 Å². The van der Waals surface area contributed by atoms with Gasteiger partial charge in [-0.25, -0.2) is 0 Å². The van der Waals surface area contributed by atoms with Gasteiger partial charge in [-0.1, -0.05) is 43.7 Å². The molecule has 2 nitrogen and oxygen atoms in total. The summed E-state index contributed by atoms with van der Waals surface area (Å²) in [6, 6.07) is 12.1. The Morgan fingerprint density at radius 1 is 1.16 bits per heavy atom. The number of hydrogen-bond donors (Lipinski definition) is 1. The van der Waals surface area contributed by atoms with E-state index in [0.717, 1.165) is 6.54 Å². The maximum absolute atomic E-state index is 3.72. The molecule has 1 aliphatic rings. The van der Waals surface area contributed by atoms with E-state index in [1.807, 2.05) is 0 Å². The number of nitrogens with zero attached hydrogens (tertiary/aromatic N) is 1. The predicted octanol–water partition coefficient (Wildman–Crippen LogP) is 3.60. The first-order chi connectivity index (χ1) is 9.31. The Labute approximate surface area is 118 Å². The zero-order valence-corrected chi connectivity index (χ0v) is 12.4. The Kier molecular flexibility index (Phi) is 5.87. The van der Waals surface area contributed by atoms with E-state index < -0.39 is 0 Å². The Morgan fingerprint density at radius 3 is 2.47 bits per heavy atom. The monoisotopic (exact) mass is 260 g/mol. The Bertz CT molecular complexity index is 344. The van der Waals surface area contributed by atoms with Crippen LogP contribution >= 0.6 is 0 Å². The van der Waals surface area contributed by atoms with Crippen LogP contribution in [0.5, 0.6) is 0 Å². The van der Waals surface area contributed by atoms with Crippen molar-refractivity contribution in [3.05, 3.63) is 35.9 Å². The molecule has 0 amide bonds. The molecule has 0 spiro atoms. The molecule has 2 atom stereocenters. The van der Waals surface area contributed by atoms with Crippen LogP contribution in [0.3, 0.4) is 0 Å². The van der Waals surface area contributed by atoms with Crippen LogP contribution in [0.1, 0.15) is 51.1 Å². The molecule has 0 aromatic heterocycles. The molecule has 0 radical (unpaired) electrons. The van der Waals surface area contributed by atoms with Crippen LogP contribution < -0.4 is 5.32 Å². The highest BCUT2D eigenvalue weighted by Gasteiger charge is 2.23. The average molecular weight is 260 g/mol. The molecule has 1 aromatic carbocycles. The van der Waals surface area contributed by atoms with E-state index in [4.69, 9.17) is 0 Å². The summed E-state index contributed by atoms with van der Waals surface area (Å²) in [4.78, 5) is 2.64. The van der Waals surface area contributed by atoms with E-state index in [9.17, 15) is 0 Å². The fraction of sp³-hybridized carbons (Fsp3) is 0.647. The molecule has 1 saturated heterocycles. The topological polar surface area (TPSA) is 15.3 Å². The molecule has 2 rings (SSSR count). The fourth-order valence-electron chi connectivity index (χ4n) is 3.03. The van der Waals surface area contributed by atoms with Crippen molar-refractivity contribution in [3.63, 3.8) is 0 Å². The van der Waals surface area contributed by atoms with Crippen molar-refractivity contribution in [1.29, 1.82) is 0 Å². The summed E-state index contributed by atoms with van der Waals surface area (Å²) in [6.07, 6.45) is 5.23. The SMILES string of the molecule is CCCC(C)NCC(c1ccccc1)N1CCCC1. The van der Waals surface area contributed by atoms with Crippen LogP contribution in [-0.4, -0.2) is 30.6 Å². The first-order valence-electron chi connectivity index (χ1n) is 7.83. The van der Waals surface area contributed by atoms with Gasteiger partial charge in [0.25, 0.3) is 0 Å². The molecule has 1 N–H and O–H groups in total.